The van der Waals surface area contributed by atoms with Gasteiger partial charge in [-0.25, -0.2) is 9.97 Å². The van der Waals surface area contributed by atoms with E-state index >= 15 is 0 Å². The van der Waals surface area contributed by atoms with Crippen LogP contribution in [0.2, 0.25) is 0 Å². The summed E-state index contributed by atoms with van der Waals surface area (Å²) in [5, 5.41) is 11.4. The van der Waals surface area contributed by atoms with E-state index in [9.17, 15) is 9.59 Å². The van der Waals surface area contributed by atoms with Crippen LogP contribution in [0.4, 0.5) is 0 Å². The van der Waals surface area contributed by atoms with Crippen LogP contribution in [0, 0.1) is 16.2 Å². The van der Waals surface area contributed by atoms with Crippen molar-refractivity contribution in [1.29, 1.82) is 5.41 Å². The lowest BCUT2D eigenvalue weighted by molar-refractivity contribution is -0.119. The Hall–Kier alpha value is -3.35. The number of carbonyl (C=O) groups excluding carboxylic acids is 2. The smallest absolute Gasteiger partial charge is 0.216 e. The number of hydrogen-bond acceptors (Lipinski definition) is 5. The van der Waals surface area contributed by atoms with Crippen molar-refractivity contribution in [2.75, 3.05) is 6.54 Å². The molecule has 0 saturated carbocycles. The summed E-state index contributed by atoms with van der Waals surface area (Å²) in [5.41, 5.74) is 3.65. The fraction of sp³-hybridized carbons (Fsp3) is 0.400. The highest BCUT2D eigenvalue weighted by molar-refractivity contribution is 6.08. The quantitative estimate of drug-likeness (QED) is 0.368. The summed E-state index contributed by atoms with van der Waals surface area (Å²) in [4.78, 5) is 36.3. The summed E-state index contributed by atoms with van der Waals surface area (Å²) < 4.78 is 0. The van der Waals surface area contributed by atoms with Gasteiger partial charge in [0, 0.05) is 36.4 Å². The van der Waals surface area contributed by atoms with Crippen molar-refractivity contribution in [3.05, 3.63) is 47.8 Å². The number of hydrogen-bond donors (Lipinski definition) is 3. The van der Waals surface area contributed by atoms with Gasteiger partial charge in [-0.1, -0.05) is 52.8 Å². The van der Waals surface area contributed by atoms with E-state index in [2.05, 4.69) is 15.3 Å². The molecule has 2 aromatic heterocycles. The van der Waals surface area contributed by atoms with Crippen molar-refractivity contribution < 1.29 is 9.59 Å². The Bertz CT molecular complexity index is 1180. The molecule has 0 aliphatic heterocycles. The summed E-state index contributed by atoms with van der Waals surface area (Å²) in [6.45, 7) is 11.7. The van der Waals surface area contributed by atoms with Crippen LogP contribution in [0.1, 0.15) is 63.9 Å². The highest BCUT2D eigenvalue weighted by Crippen LogP contribution is 2.28. The minimum Gasteiger partial charge on any atom is -0.356 e. The standard InChI is InChI=1S/C25H31N5O2/c1-15(31)29-14-25(5,6)11-19(26)16-8-7-9-17(10-16)20-13-28-23-21(30-20)18(12-27-23)22(32)24(2,3)4/h7-10,12-13,26H,11,14H2,1-6H3,(H,27,28)(H,29,31). The van der Waals surface area contributed by atoms with E-state index in [0.717, 1.165) is 11.1 Å². The average Bonchev–Trinajstić information content (AvgIpc) is 3.14. The molecule has 0 atom stereocenters. The zero-order chi connectivity index (χ0) is 23.7. The second kappa shape index (κ2) is 8.65. The lowest BCUT2D eigenvalue weighted by Crippen LogP contribution is -2.34. The van der Waals surface area contributed by atoms with E-state index in [1.807, 2.05) is 58.9 Å². The van der Waals surface area contributed by atoms with Crippen LogP contribution in [0.3, 0.4) is 0 Å². The monoisotopic (exact) mass is 433 g/mol. The highest BCUT2D eigenvalue weighted by Gasteiger charge is 2.26. The van der Waals surface area contributed by atoms with E-state index in [4.69, 9.17) is 10.4 Å². The van der Waals surface area contributed by atoms with Gasteiger partial charge in [-0.3, -0.25) is 9.59 Å². The fourth-order valence-corrected chi connectivity index (χ4v) is 3.48. The number of H-pyrrole nitrogens is 1. The summed E-state index contributed by atoms with van der Waals surface area (Å²) in [6.07, 6.45) is 3.86. The van der Waals surface area contributed by atoms with Gasteiger partial charge in [0.25, 0.3) is 0 Å². The number of nitrogens with zero attached hydrogens (tertiary/aromatic N) is 2. The lowest BCUT2D eigenvalue weighted by Gasteiger charge is -2.25. The van der Waals surface area contributed by atoms with Gasteiger partial charge in [0.05, 0.1) is 17.5 Å². The van der Waals surface area contributed by atoms with Gasteiger partial charge >= 0.3 is 0 Å². The third-order valence-electron chi connectivity index (χ3n) is 5.28. The predicted molar refractivity (Wildman–Crippen MR) is 127 cm³/mol. The van der Waals surface area contributed by atoms with Crippen LogP contribution >= 0.6 is 0 Å². The predicted octanol–water partition coefficient (Wildman–Crippen LogP) is 4.77. The van der Waals surface area contributed by atoms with Crippen molar-refractivity contribution in [2.24, 2.45) is 10.8 Å². The zero-order valence-electron chi connectivity index (χ0n) is 19.6. The Morgan fingerprint density at radius 3 is 2.53 bits per heavy atom. The Balaban J connectivity index is 1.90. The van der Waals surface area contributed by atoms with E-state index in [-0.39, 0.29) is 17.1 Å². The van der Waals surface area contributed by atoms with Gasteiger partial charge in [0.15, 0.2) is 11.4 Å². The van der Waals surface area contributed by atoms with Crippen LogP contribution in [0.5, 0.6) is 0 Å². The first-order chi connectivity index (χ1) is 14.9. The Morgan fingerprint density at radius 2 is 1.88 bits per heavy atom. The summed E-state index contributed by atoms with van der Waals surface area (Å²) in [6, 6.07) is 7.64. The molecule has 3 rings (SSSR count). The Labute approximate surface area is 188 Å². The number of amides is 1. The molecule has 0 fully saturated rings. The number of aromatic amines is 1. The Kier molecular flexibility index (Phi) is 6.30. The molecule has 0 saturated heterocycles. The van der Waals surface area contributed by atoms with E-state index < -0.39 is 5.41 Å². The molecule has 0 radical (unpaired) electrons. The van der Waals surface area contributed by atoms with Crippen LogP contribution in [0.25, 0.3) is 22.4 Å². The normalized spacial score (nSPS) is 12.1. The minimum atomic E-state index is -0.522. The molecule has 0 bridgehead atoms. The fourth-order valence-electron chi connectivity index (χ4n) is 3.48. The molecule has 32 heavy (non-hydrogen) atoms. The number of benzene rings is 1. The number of Topliss-reactive ketones (excluding diaryl/α,β-unsaturated/α-hetero) is 1. The molecule has 0 aliphatic carbocycles. The third-order valence-corrected chi connectivity index (χ3v) is 5.28. The van der Waals surface area contributed by atoms with Crippen molar-refractivity contribution in [1.82, 2.24) is 20.3 Å². The van der Waals surface area contributed by atoms with Gasteiger partial charge in [0.1, 0.15) is 5.52 Å². The third kappa shape index (κ3) is 5.28. The molecule has 0 spiro atoms. The number of fused-ring (bicyclic) bond motifs is 1. The Morgan fingerprint density at radius 1 is 1.16 bits per heavy atom. The molecular weight excluding hydrogens is 402 g/mol. The number of ketones is 1. The van der Waals surface area contributed by atoms with Crippen molar-refractivity contribution >= 4 is 28.6 Å². The van der Waals surface area contributed by atoms with Gasteiger partial charge in [-0.15, -0.1) is 0 Å². The van der Waals surface area contributed by atoms with Crippen LogP contribution < -0.4 is 5.32 Å². The van der Waals surface area contributed by atoms with Crippen molar-refractivity contribution in [3.8, 4) is 11.3 Å². The van der Waals surface area contributed by atoms with Crippen LogP contribution in [0.15, 0.2) is 36.7 Å². The topological polar surface area (TPSA) is 112 Å². The van der Waals surface area contributed by atoms with Crippen LogP contribution in [-0.2, 0) is 4.79 Å². The average molecular weight is 434 g/mol. The maximum atomic E-state index is 12.8. The molecular formula is C25H31N5O2. The summed E-state index contributed by atoms with van der Waals surface area (Å²) in [7, 11) is 0. The molecule has 3 aromatic rings. The van der Waals surface area contributed by atoms with Gasteiger partial charge < -0.3 is 15.7 Å². The van der Waals surface area contributed by atoms with Gasteiger partial charge in [-0.05, 0) is 23.5 Å². The summed E-state index contributed by atoms with van der Waals surface area (Å²) in [5.74, 6) is -0.0678. The number of rotatable bonds is 7. The first-order valence-corrected chi connectivity index (χ1v) is 10.7. The minimum absolute atomic E-state index is 0.00660. The molecule has 168 valence electrons. The van der Waals surface area contributed by atoms with Gasteiger partial charge in [0.2, 0.25) is 5.91 Å². The molecule has 1 amide bonds. The first kappa shape index (κ1) is 23.3. The number of aromatic nitrogens is 3. The molecule has 7 heteroatoms. The van der Waals surface area contributed by atoms with E-state index in [1.54, 1.807) is 12.4 Å². The number of carbonyl (C=O) groups is 2. The van der Waals surface area contributed by atoms with Crippen LogP contribution in [-0.4, -0.2) is 38.9 Å². The second-order valence-corrected chi connectivity index (χ2v) is 10.0. The van der Waals surface area contributed by atoms with E-state index in [1.165, 1.54) is 6.92 Å². The molecule has 0 unspecified atom stereocenters. The summed E-state index contributed by atoms with van der Waals surface area (Å²) >= 11 is 0. The van der Waals surface area contributed by atoms with Crippen molar-refractivity contribution in [2.45, 2.75) is 48.0 Å². The molecule has 7 nitrogen and oxygen atoms in total. The number of nitrogens with one attached hydrogen (secondary N) is 3. The van der Waals surface area contributed by atoms with Gasteiger partial charge in [-0.2, -0.15) is 0 Å². The SMILES string of the molecule is CC(=O)NCC(C)(C)CC(=N)c1cccc(-c2cnc3[nH]cc(C(=O)C(C)(C)C)c3n2)c1. The van der Waals surface area contributed by atoms with E-state index in [0.29, 0.717) is 41.1 Å². The maximum absolute atomic E-state index is 12.8. The molecule has 2 heterocycles. The first-order valence-electron chi connectivity index (χ1n) is 10.7. The second-order valence-electron chi connectivity index (χ2n) is 10.0. The highest BCUT2D eigenvalue weighted by atomic mass is 16.1. The molecule has 0 aliphatic rings. The zero-order valence-corrected chi connectivity index (χ0v) is 19.6. The lowest BCUT2D eigenvalue weighted by atomic mass is 9.84. The van der Waals surface area contributed by atoms with Crippen molar-refractivity contribution in [3.63, 3.8) is 0 Å². The maximum Gasteiger partial charge on any atom is 0.216 e. The largest absolute Gasteiger partial charge is 0.356 e. The molecule has 1 aromatic carbocycles. The molecule has 3 N–H and O–H groups in total.